The summed E-state index contributed by atoms with van der Waals surface area (Å²) < 4.78 is 7.58. The van der Waals surface area contributed by atoms with E-state index in [1.165, 1.54) is 0 Å². The summed E-state index contributed by atoms with van der Waals surface area (Å²) in [5.41, 5.74) is 0. The Labute approximate surface area is 96.0 Å². The van der Waals surface area contributed by atoms with Gasteiger partial charge in [-0.05, 0) is 16.1 Å². The molecule has 72 valence electrons. The molecule has 0 aliphatic rings. The first-order chi connectivity index (χ1) is 6.83. The molecule has 0 aliphatic heterocycles. The van der Waals surface area contributed by atoms with Crippen LogP contribution in [0.4, 0.5) is 4.79 Å². The fourth-order valence-corrected chi connectivity index (χ4v) is 0.972. The molecule has 0 aliphatic carbocycles. The molecule has 3 nitrogen and oxygen atoms in total. The Morgan fingerprint density at radius 2 is 2.14 bits per heavy atom. The third-order valence-electron chi connectivity index (χ3n) is 1.34. The first kappa shape index (κ1) is 10.9. The van der Waals surface area contributed by atoms with Gasteiger partial charge in [0, 0.05) is 22.6 Å². The van der Waals surface area contributed by atoms with E-state index in [0.717, 1.165) is 0 Å². The number of halogens is 1. The largest absolute Gasteiger partial charge is 0.413 e. The van der Waals surface area contributed by atoms with Crippen molar-refractivity contribution in [2.75, 3.05) is 6.54 Å². The van der Waals surface area contributed by atoms with Crippen LogP contribution in [-0.2, 0) is 0 Å². The summed E-state index contributed by atoms with van der Waals surface area (Å²) in [7, 11) is 0. The van der Waals surface area contributed by atoms with Gasteiger partial charge in [0.25, 0.3) is 0 Å². The highest BCUT2D eigenvalue weighted by molar-refractivity contribution is 14.1. The first-order valence-electron chi connectivity index (χ1n) is 3.92. The molecule has 0 aromatic heterocycles. The topological polar surface area (TPSA) is 38.3 Å². The smallest absolute Gasteiger partial charge is 0.410 e. The molecule has 1 amide bonds. The van der Waals surface area contributed by atoms with E-state index in [4.69, 9.17) is 4.74 Å². The Morgan fingerprint density at radius 3 is 2.79 bits per heavy atom. The van der Waals surface area contributed by atoms with Crippen molar-refractivity contribution >= 4 is 28.7 Å². The molecule has 0 unspecified atom stereocenters. The van der Waals surface area contributed by atoms with E-state index in [2.05, 4.69) is 15.2 Å². The van der Waals surface area contributed by atoms with Crippen molar-refractivity contribution in [3.63, 3.8) is 0 Å². The SMILES string of the molecule is O=C(NCC#CI)Oc1ccccc1. The van der Waals surface area contributed by atoms with Crippen molar-refractivity contribution in [2.24, 2.45) is 0 Å². The Hall–Kier alpha value is -1.22. The van der Waals surface area contributed by atoms with Crippen LogP contribution in [0, 0.1) is 9.85 Å². The number of ether oxygens (including phenoxy) is 1. The Balaban J connectivity index is 2.37. The maximum Gasteiger partial charge on any atom is 0.413 e. The van der Waals surface area contributed by atoms with Crippen LogP contribution in [0.1, 0.15) is 0 Å². The second-order valence-electron chi connectivity index (χ2n) is 2.33. The summed E-state index contributed by atoms with van der Waals surface area (Å²) in [5.74, 6) is 3.21. The van der Waals surface area contributed by atoms with E-state index in [9.17, 15) is 4.79 Å². The molecule has 0 saturated carbocycles. The van der Waals surface area contributed by atoms with Crippen LogP contribution in [0.15, 0.2) is 30.3 Å². The Bertz CT molecular complexity index is 353. The van der Waals surface area contributed by atoms with Gasteiger partial charge in [0.05, 0.1) is 6.54 Å². The second kappa shape index (κ2) is 6.27. The average Bonchev–Trinajstić information content (AvgIpc) is 2.20. The zero-order chi connectivity index (χ0) is 10.2. The van der Waals surface area contributed by atoms with Gasteiger partial charge in [0.1, 0.15) is 5.75 Å². The highest BCUT2D eigenvalue weighted by Crippen LogP contribution is 2.07. The van der Waals surface area contributed by atoms with Gasteiger partial charge in [-0.25, -0.2) is 4.79 Å². The van der Waals surface area contributed by atoms with Crippen LogP contribution in [0.5, 0.6) is 5.75 Å². The number of hydrogen-bond donors (Lipinski definition) is 1. The summed E-state index contributed by atoms with van der Waals surface area (Å²) in [6.07, 6.45) is -0.490. The van der Waals surface area contributed by atoms with Crippen molar-refractivity contribution in [3.8, 4) is 15.6 Å². The van der Waals surface area contributed by atoms with E-state index in [-0.39, 0.29) is 0 Å². The maximum absolute atomic E-state index is 11.1. The normalized spacial score (nSPS) is 8.36. The Kier molecular flexibility index (Phi) is 4.86. The molecule has 0 bridgehead atoms. The lowest BCUT2D eigenvalue weighted by Gasteiger charge is -2.02. The monoisotopic (exact) mass is 301 g/mol. The van der Waals surface area contributed by atoms with Gasteiger partial charge in [0.15, 0.2) is 0 Å². The molecule has 0 radical (unpaired) electrons. The molecule has 14 heavy (non-hydrogen) atoms. The summed E-state index contributed by atoms with van der Waals surface area (Å²) in [6, 6.07) is 8.87. The van der Waals surface area contributed by atoms with Crippen molar-refractivity contribution < 1.29 is 9.53 Å². The second-order valence-corrected chi connectivity index (χ2v) is 2.87. The number of hydrogen-bond acceptors (Lipinski definition) is 2. The zero-order valence-corrected chi connectivity index (χ0v) is 9.45. The van der Waals surface area contributed by atoms with Gasteiger partial charge in [-0.2, -0.15) is 0 Å². The van der Waals surface area contributed by atoms with Gasteiger partial charge >= 0.3 is 6.09 Å². The van der Waals surface area contributed by atoms with Crippen LogP contribution in [0.2, 0.25) is 0 Å². The lowest BCUT2D eigenvalue weighted by Crippen LogP contribution is -2.26. The molecular formula is C10H8INO2. The molecule has 1 aromatic carbocycles. The van der Waals surface area contributed by atoms with Crippen LogP contribution >= 0.6 is 22.6 Å². The predicted octanol–water partition coefficient (Wildman–Crippen LogP) is 2.17. The number of carbonyl (C=O) groups is 1. The fourth-order valence-electron chi connectivity index (χ4n) is 0.781. The number of benzene rings is 1. The molecule has 0 atom stereocenters. The van der Waals surface area contributed by atoms with Crippen molar-refractivity contribution in [3.05, 3.63) is 30.3 Å². The van der Waals surface area contributed by atoms with E-state index in [1.54, 1.807) is 24.3 Å². The minimum absolute atomic E-state index is 0.300. The van der Waals surface area contributed by atoms with E-state index >= 15 is 0 Å². The van der Waals surface area contributed by atoms with Gasteiger partial charge < -0.3 is 10.1 Å². The predicted molar refractivity (Wildman–Crippen MR) is 62.3 cm³/mol. The lowest BCUT2D eigenvalue weighted by atomic mass is 10.3. The van der Waals surface area contributed by atoms with Gasteiger partial charge in [-0.1, -0.05) is 24.1 Å². The van der Waals surface area contributed by atoms with Crippen LogP contribution in [-0.4, -0.2) is 12.6 Å². The van der Waals surface area contributed by atoms with Crippen LogP contribution in [0.25, 0.3) is 0 Å². The minimum Gasteiger partial charge on any atom is -0.410 e. The number of para-hydroxylation sites is 1. The van der Waals surface area contributed by atoms with Gasteiger partial charge in [-0.3, -0.25) is 0 Å². The highest BCUT2D eigenvalue weighted by atomic mass is 127. The fraction of sp³-hybridized carbons (Fsp3) is 0.100. The maximum atomic E-state index is 11.1. The standard InChI is InChI=1S/C10H8INO2/c11-7-4-8-12-10(13)14-9-5-2-1-3-6-9/h1-3,5-6H,8H2,(H,12,13). The third kappa shape index (κ3) is 4.14. The molecule has 1 N–H and O–H groups in total. The number of carbonyl (C=O) groups excluding carboxylic acids is 1. The zero-order valence-electron chi connectivity index (χ0n) is 7.29. The van der Waals surface area contributed by atoms with E-state index < -0.39 is 6.09 Å². The van der Waals surface area contributed by atoms with Crippen molar-refractivity contribution in [2.45, 2.75) is 0 Å². The molecule has 1 rings (SSSR count). The number of nitrogens with one attached hydrogen (secondary N) is 1. The molecule has 0 heterocycles. The number of amides is 1. The quantitative estimate of drug-likeness (QED) is 0.671. The van der Waals surface area contributed by atoms with Gasteiger partial charge in [0.2, 0.25) is 0 Å². The van der Waals surface area contributed by atoms with Crippen molar-refractivity contribution in [1.82, 2.24) is 5.32 Å². The highest BCUT2D eigenvalue weighted by Gasteiger charge is 2.00. The summed E-state index contributed by atoms with van der Waals surface area (Å²) in [4.78, 5) is 11.1. The van der Waals surface area contributed by atoms with E-state index in [1.807, 2.05) is 28.7 Å². The molecule has 0 fully saturated rings. The summed E-state index contributed by atoms with van der Waals surface area (Å²) >= 11 is 1.90. The van der Waals surface area contributed by atoms with Crippen molar-refractivity contribution in [1.29, 1.82) is 0 Å². The Morgan fingerprint density at radius 1 is 1.43 bits per heavy atom. The minimum atomic E-state index is -0.490. The molecule has 0 saturated heterocycles. The van der Waals surface area contributed by atoms with Crippen LogP contribution < -0.4 is 10.1 Å². The summed E-state index contributed by atoms with van der Waals surface area (Å²) in [6.45, 7) is 0.300. The third-order valence-corrected chi connectivity index (χ3v) is 1.72. The molecule has 1 aromatic rings. The number of rotatable bonds is 2. The average molecular weight is 301 g/mol. The molecule has 0 spiro atoms. The lowest BCUT2D eigenvalue weighted by molar-refractivity contribution is 0.202. The van der Waals surface area contributed by atoms with Crippen LogP contribution in [0.3, 0.4) is 0 Å². The van der Waals surface area contributed by atoms with Gasteiger partial charge in [-0.15, -0.1) is 0 Å². The van der Waals surface area contributed by atoms with E-state index in [0.29, 0.717) is 12.3 Å². The molecule has 4 heteroatoms. The first-order valence-corrected chi connectivity index (χ1v) is 5.00. The molecular weight excluding hydrogens is 293 g/mol. The summed E-state index contributed by atoms with van der Waals surface area (Å²) in [5, 5.41) is 2.49.